The van der Waals surface area contributed by atoms with Crippen molar-refractivity contribution in [3.8, 4) is 0 Å². The summed E-state index contributed by atoms with van der Waals surface area (Å²) in [5.41, 5.74) is 0.946. The lowest BCUT2D eigenvalue weighted by Crippen LogP contribution is -2.11. The first-order valence-corrected chi connectivity index (χ1v) is 8.42. The van der Waals surface area contributed by atoms with Gasteiger partial charge >= 0.3 is 5.97 Å². The van der Waals surface area contributed by atoms with Crippen LogP contribution in [-0.4, -0.2) is 16.9 Å². The molecular weight excluding hydrogens is 276 g/mol. The van der Waals surface area contributed by atoms with Gasteiger partial charge in [-0.25, -0.2) is 0 Å². The Bertz CT molecular complexity index is 439. The molecule has 0 heterocycles. The normalized spacial score (nSPS) is 12.0. The van der Waals surface area contributed by atoms with Crippen molar-refractivity contribution in [1.82, 2.24) is 0 Å². The van der Waals surface area contributed by atoms with Gasteiger partial charge < -0.3 is 5.11 Å². The Morgan fingerprint density at radius 1 is 0.955 bits per heavy atom. The molecule has 0 aromatic heterocycles. The van der Waals surface area contributed by atoms with Crippen LogP contribution in [0.15, 0.2) is 30.3 Å². The van der Waals surface area contributed by atoms with Crippen LogP contribution in [0.25, 0.3) is 0 Å². The van der Waals surface area contributed by atoms with E-state index in [9.17, 15) is 9.59 Å². The van der Waals surface area contributed by atoms with E-state index in [4.69, 9.17) is 5.11 Å². The van der Waals surface area contributed by atoms with Gasteiger partial charge in [-0.05, 0) is 12.0 Å². The van der Waals surface area contributed by atoms with Gasteiger partial charge in [0, 0.05) is 18.8 Å². The van der Waals surface area contributed by atoms with Gasteiger partial charge in [0.05, 0.1) is 6.42 Å². The number of aliphatic carboxylic acids is 1. The average molecular weight is 304 g/mol. The Hall–Kier alpha value is -1.64. The van der Waals surface area contributed by atoms with E-state index in [1.165, 1.54) is 25.7 Å². The Balaban J connectivity index is 2.38. The topological polar surface area (TPSA) is 54.4 Å². The van der Waals surface area contributed by atoms with E-state index in [2.05, 4.69) is 6.92 Å². The average Bonchev–Trinajstić information content (AvgIpc) is 2.50. The Kier molecular flexibility index (Phi) is 9.20. The van der Waals surface area contributed by atoms with Crippen molar-refractivity contribution < 1.29 is 14.7 Å². The molecule has 22 heavy (non-hydrogen) atoms. The zero-order valence-electron chi connectivity index (χ0n) is 13.6. The maximum Gasteiger partial charge on any atom is 0.303 e. The minimum absolute atomic E-state index is 0.0201. The first kappa shape index (κ1) is 18.4. The summed E-state index contributed by atoms with van der Waals surface area (Å²) in [5.74, 6) is -0.863. The zero-order chi connectivity index (χ0) is 16.2. The molecule has 0 aliphatic rings. The minimum atomic E-state index is -0.846. The van der Waals surface area contributed by atoms with Crippen molar-refractivity contribution in [1.29, 1.82) is 0 Å². The third-order valence-corrected chi connectivity index (χ3v) is 3.98. The molecule has 0 spiro atoms. The predicted octanol–water partition coefficient (Wildman–Crippen LogP) is 4.95. The smallest absolute Gasteiger partial charge is 0.303 e. The molecule has 122 valence electrons. The fraction of sp³-hybridized carbons (Fsp3) is 0.579. The fourth-order valence-corrected chi connectivity index (χ4v) is 2.72. The Labute approximate surface area is 133 Å². The van der Waals surface area contributed by atoms with E-state index in [1.807, 2.05) is 30.3 Å². The van der Waals surface area contributed by atoms with E-state index >= 15 is 0 Å². The lowest BCUT2D eigenvalue weighted by Gasteiger charge is -2.14. The van der Waals surface area contributed by atoms with Gasteiger partial charge in [0.15, 0.2) is 0 Å². The number of rotatable bonds is 12. The second kappa shape index (κ2) is 11.0. The molecule has 1 aromatic rings. The lowest BCUT2D eigenvalue weighted by atomic mass is 9.89. The zero-order valence-corrected chi connectivity index (χ0v) is 13.6. The number of hydrogen-bond acceptors (Lipinski definition) is 2. The molecular formula is C19H28O3. The molecule has 1 N–H and O–H groups in total. The highest BCUT2D eigenvalue weighted by atomic mass is 16.4. The van der Waals surface area contributed by atoms with Crippen LogP contribution in [0, 0.1) is 0 Å². The second-order valence-corrected chi connectivity index (χ2v) is 5.97. The van der Waals surface area contributed by atoms with Crippen LogP contribution in [0.1, 0.15) is 76.2 Å². The summed E-state index contributed by atoms with van der Waals surface area (Å²) in [5, 5.41) is 9.04. The summed E-state index contributed by atoms with van der Waals surface area (Å²) in [6.45, 7) is 2.19. The summed E-state index contributed by atoms with van der Waals surface area (Å²) in [7, 11) is 0. The Morgan fingerprint density at radius 2 is 1.59 bits per heavy atom. The third-order valence-electron chi connectivity index (χ3n) is 3.98. The van der Waals surface area contributed by atoms with Crippen molar-refractivity contribution in [2.45, 2.75) is 70.6 Å². The number of Topliss-reactive ketones (excluding diaryl/α,β-unsaturated/α-hetero) is 1. The van der Waals surface area contributed by atoms with E-state index < -0.39 is 5.97 Å². The van der Waals surface area contributed by atoms with Crippen LogP contribution in [0.2, 0.25) is 0 Å². The van der Waals surface area contributed by atoms with Crippen LogP contribution in [0.4, 0.5) is 0 Å². The number of unbranched alkanes of at least 4 members (excludes halogenated alkanes) is 5. The number of carboxylic acid groups (broad SMARTS) is 1. The predicted molar refractivity (Wildman–Crippen MR) is 89.1 cm³/mol. The van der Waals surface area contributed by atoms with Crippen LogP contribution < -0.4 is 0 Å². The van der Waals surface area contributed by atoms with Gasteiger partial charge in [0.2, 0.25) is 0 Å². The van der Waals surface area contributed by atoms with Gasteiger partial charge in [0.1, 0.15) is 5.78 Å². The van der Waals surface area contributed by atoms with Crippen LogP contribution in [0.3, 0.4) is 0 Å². The molecule has 1 unspecified atom stereocenters. The summed E-state index contributed by atoms with van der Waals surface area (Å²) in [6.07, 6.45) is 7.90. The van der Waals surface area contributed by atoms with Crippen LogP contribution in [-0.2, 0) is 9.59 Å². The van der Waals surface area contributed by atoms with Gasteiger partial charge in [-0.2, -0.15) is 0 Å². The summed E-state index contributed by atoms with van der Waals surface area (Å²) in [4.78, 5) is 23.1. The molecule has 0 aliphatic heterocycles. The monoisotopic (exact) mass is 304 g/mol. The number of benzene rings is 1. The highest BCUT2D eigenvalue weighted by Gasteiger charge is 2.18. The molecule has 1 rings (SSSR count). The number of carboxylic acids is 1. The SMILES string of the molecule is CCCCCCCCC(=O)CC(CC(=O)O)c1ccccc1. The molecule has 1 atom stereocenters. The highest BCUT2D eigenvalue weighted by molar-refractivity contribution is 5.80. The molecule has 0 bridgehead atoms. The summed E-state index contributed by atoms with van der Waals surface area (Å²) < 4.78 is 0. The molecule has 1 aromatic carbocycles. The molecule has 0 radical (unpaired) electrons. The third kappa shape index (κ3) is 7.96. The highest BCUT2D eigenvalue weighted by Crippen LogP contribution is 2.24. The van der Waals surface area contributed by atoms with Gasteiger partial charge in [-0.3, -0.25) is 9.59 Å². The van der Waals surface area contributed by atoms with E-state index in [0.29, 0.717) is 12.8 Å². The standard InChI is InChI=1S/C19H28O3/c1-2-3-4-5-6-10-13-18(20)14-17(15-19(21)22)16-11-8-7-9-12-16/h7-9,11-12,17H,2-6,10,13-15H2,1H3,(H,21,22). The second-order valence-electron chi connectivity index (χ2n) is 5.97. The molecule has 3 heteroatoms. The molecule has 0 amide bonds. The van der Waals surface area contributed by atoms with E-state index in [1.54, 1.807) is 0 Å². The molecule has 3 nitrogen and oxygen atoms in total. The summed E-state index contributed by atoms with van der Waals surface area (Å²) in [6, 6.07) is 9.50. The summed E-state index contributed by atoms with van der Waals surface area (Å²) >= 11 is 0. The molecule has 0 saturated heterocycles. The van der Waals surface area contributed by atoms with Crippen molar-refractivity contribution >= 4 is 11.8 Å². The van der Waals surface area contributed by atoms with Crippen LogP contribution >= 0.6 is 0 Å². The fourth-order valence-electron chi connectivity index (χ4n) is 2.72. The number of carbonyl (C=O) groups is 2. The van der Waals surface area contributed by atoms with Gasteiger partial charge in [0.25, 0.3) is 0 Å². The van der Waals surface area contributed by atoms with Crippen molar-refractivity contribution in [2.75, 3.05) is 0 Å². The van der Waals surface area contributed by atoms with E-state index in [0.717, 1.165) is 18.4 Å². The van der Waals surface area contributed by atoms with Crippen LogP contribution in [0.5, 0.6) is 0 Å². The number of ketones is 1. The lowest BCUT2D eigenvalue weighted by molar-refractivity contribution is -0.137. The number of hydrogen-bond donors (Lipinski definition) is 1. The largest absolute Gasteiger partial charge is 0.481 e. The molecule has 0 aliphatic carbocycles. The molecule has 0 fully saturated rings. The maximum absolute atomic E-state index is 12.1. The van der Waals surface area contributed by atoms with E-state index in [-0.39, 0.29) is 18.1 Å². The van der Waals surface area contributed by atoms with Crippen molar-refractivity contribution in [3.05, 3.63) is 35.9 Å². The first-order valence-electron chi connectivity index (χ1n) is 8.42. The minimum Gasteiger partial charge on any atom is -0.481 e. The number of carbonyl (C=O) groups excluding carboxylic acids is 1. The Morgan fingerprint density at radius 3 is 2.23 bits per heavy atom. The quantitative estimate of drug-likeness (QED) is 0.556. The van der Waals surface area contributed by atoms with Gasteiger partial charge in [-0.15, -0.1) is 0 Å². The molecule has 0 saturated carbocycles. The maximum atomic E-state index is 12.1. The van der Waals surface area contributed by atoms with Crippen molar-refractivity contribution in [3.63, 3.8) is 0 Å². The first-order chi connectivity index (χ1) is 10.6. The van der Waals surface area contributed by atoms with Crippen molar-refractivity contribution in [2.24, 2.45) is 0 Å². The van der Waals surface area contributed by atoms with Gasteiger partial charge in [-0.1, -0.05) is 69.4 Å².